The summed E-state index contributed by atoms with van der Waals surface area (Å²) in [6, 6.07) is 1.05. The highest BCUT2D eigenvalue weighted by Crippen LogP contribution is 2.03. The van der Waals surface area contributed by atoms with Gasteiger partial charge in [-0.1, -0.05) is 5.16 Å². The molecule has 0 amide bonds. The van der Waals surface area contributed by atoms with Crippen molar-refractivity contribution in [1.82, 2.24) is 5.16 Å². The second-order valence-electron chi connectivity index (χ2n) is 1.31. The van der Waals surface area contributed by atoms with Gasteiger partial charge in [0, 0.05) is 6.07 Å². The van der Waals surface area contributed by atoms with Gasteiger partial charge in [-0.2, -0.15) is 8.42 Å². The average Bonchev–Trinajstić information content (AvgIpc) is 2.08. The van der Waals surface area contributed by atoms with E-state index in [1.165, 1.54) is 0 Å². The molecule has 0 spiro atoms. The van der Waals surface area contributed by atoms with Gasteiger partial charge < -0.3 is 4.52 Å². The smallest absolute Gasteiger partial charge is 0.331 e. The lowest BCUT2D eigenvalue weighted by Crippen LogP contribution is -1.94. The molecule has 7 heteroatoms. The number of rotatable bonds is 1. The fourth-order valence-corrected chi connectivity index (χ4v) is 0.707. The zero-order valence-electron chi connectivity index (χ0n) is 4.59. The summed E-state index contributed by atoms with van der Waals surface area (Å²) < 4.78 is 32.6. The van der Waals surface area contributed by atoms with E-state index in [1.807, 2.05) is 0 Å². The van der Waals surface area contributed by atoms with Gasteiger partial charge in [-0.3, -0.25) is 4.55 Å². The highest BCUT2D eigenvalue weighted by atomic mass is 35.5. The minimum Gasteiger partial charge on any atom is -0.342 e. The maximum atomic E-state index is 10.1. The zero-order valence-corrected chi connectivity index (χ0v) is 6.22. The fourth-order valence-electron chi connectivity index (χ4n) is 0.337. The van der Waals surface area contributed by atoms with E-state index in [1.54, 1.807) is 0 Å². The van der Waals surface area contributed by atoms with Crippen molar-refractivity contribution in [2.45, 2.75) is 5.09 Å². The first kappa shape index (κ1) is 9.41. The summed E-state index contributed by atoms with van der Waals surface area (Å²) in [5.41, 5.74) is 0. The van der Waals surface area contributed by atoms with E-state index in [0.29, 0.717) is 0 Å². The molecule has 1 rings (SSSR count). The van der Waals surface area contributed by atoms with Crippen molar-refractivity contribution in [1.29, 1.82) is 0 Å². The van der Waals surface area contributed by atoms with Crippen LogP contribution >= 0.6 is 12.4 Å². The Morgan fingerprint density at radius 3 is 2.40 bits per heavy atom. The lowest BCUT2D eigenvalue weighted by Gasteiger charge is -1.82. The van der Waals surface area contributed by atoms with Crippen LogP contribution in [0.5, 0.6) is 0 Å². The van der Waals surface area contributed by atoms with Crippen molar-refractivity contribution >= 4 is 22.5 Å². The van der Waals surface area contributed by atoms with Gasteiger partial charge in [-0.25, -0.2) is 0 Å². The molecule has 0 unspecified atom stereocenters. The van der Waals surface area contributed by atoms with Gasteiger partial charge in [-0.15, -0.1) is 12.4 Å². The predicted octanol–water partition coefficient (Wildman–Crippen LogP) is 0.343. The summed E-state index contributed by atoms with van der Waals surface area (Å²) in [6.45, 7) is 0. The largest absolute Gasteiger partial charge is 0.342 e. The van der Waals surface area contributed by atoms with Crippen molar-refractivity contribution in [3.63, 3.8) is 0 Å². The lowest BCUT2D eigenvalue weighted by molar-refractivity contribution is 0.324. The highest BCUT2D eigenvalue weighted by Gasteiger charge is 2.12. The molecule has 1 heterocycles. The van der Waals surface area contributed by atoms with Crippen molar-refractivity contribution in [2.75, 3.05) is 0 Å². The van der Waals surface area contributed by atoms with Crippen LogP contribution in [0.15, 0.2) is 21.9 Å². The summed E-state index contributed by atoms with van der Waals surface area (Å²) in [5, 5.41) is 2.54. The first-order valence-electron chi connectivity index (χ1n) is 1.99. The van der Waals surface area contributed by atoms with E-state index in [2.05, 4.69) is 9.68 Å². The molecule has 0 fully saturated rings. The van der Waals surface area contributed by atoms with Crippen LogP contribution in [0.3, 0.4) is 0 Å². The number of halogens is 1. The Labute approximate surface area is 63.2 Å². The molecule has 1 aromatic heterocycles. The maximum absolute atomic E-state index is 10.1. The van der Waals surface area contributed by atoms with E-state index in [9.17, 15) is 8.42 Å². The standard InChI is InChI=1S/C3H3NO4S.ClH/c5-9(6,7)3-1-2-4-8-3;/h1-2H,(H,5,6,7);1H. The van der Waals surface area contributed by atoms with Crippen LogP contribution in [0.1, 0.15) is 0 Å². The van der Waals surface area contributed by atoms with E-state index < -0.39 is 15.2 Å². The molecule has 0 atom stereocenters. The Balaban J connectivity index is 0.000000810. The normalized spacial score (nSPS) is 10.5. The van der Waals surface area contributed by atoms with Gasteiger partial charge in [0.1, 0.15) is 0 Å². The summed E-state index contributed by atoms with van der Waals surface area (Å²) in [7, 11) is -4.19. The topological polar surface area (TPSA) is 80.4 Å². The monoisotopic (exact) mass is 185 g/mol. The van der Waals surface area contributed by atoms with Crippen LogP contribution in [0.25, 0.3) is 0 Å². The quantitative estimate of drug-likeness (QED) is 0.639. The number of nitrogens with zero attached hydrogens (tertiary/aromatic N) is 1. The third-order valence-corrected chi connectivity index (χ3v) is 1.39. The summed E-state index contributed by atoms with van der Waals surface area (Å²) in [6.07, 6.45) is 1.13. The van der Waals surface area contributed by atoms with Gasteiger partial charge in [0.15, 0.2) is 0 Å². The Hall–Kier alpha value is -0.590. The van der Waals surface area contributed by atoms with Crippen molar-refractivity contribution in [3.8, 4) is 0 Å². The van der Waals surface area contributed by atoms with Crippen LogP contribution in [0, 0.1) is 0 Å². The molecule has 1 aromatic rings. The van der Waals surface area contributed by atoms with Crippen LogP contribution < -0.4 is 0 Å². The Kier molecular flexibility index (Phi) is 2.82. The van der Waals surface area contributed by atoms with Gasteiger partial charge in [-0.05, 0) is 0 Å². The first-order valence-corrected chi connectivity index (χ1v) is 3.43. The Bertz CT molecular complexity index is 277. The summed E-state index contributed by atoms with van der Waals surface area (Å²) in [4.78, 5) is 0. The number of hydrogen-bond acceptors (Lipinski definition) is 4. The molecular weight excluding hydrogens is 182 g/mol. The number of aromatic nitrogens is 1. The minimum absolute atomic E-state index is 0. The average molecular weight is 186 g/mol. The van der Waals surface area contributed by atoms with Crippen LogP contribution in [-0.4, -0.2) is 18.1 Å². The van der Waals surface area contributed by atoms with Crippen LogP contribution in [-0.2, 0) is 10.1 Å². The Morgan fingerprint density at radius 1 is 1.60 bits per heavy atom. The lowest BCUT2D eigenvalue weighted by atomic mass is 10.8. The predicted molar refractivity (Wildman–Crippen MR) is 33.6 cm³/mol. The Morgan fingerprint density at radius 2 is 2.20 bits per heavy atom. The molecule has 0 aliphatic rings. The molecule has 0 aliphatic heterocycles. The van der Waals surface area contributed by atoms with Crippen LogP contribution in [0.4, 0.5) is 0 Å². The molecule has 0 bridgehead atoms. The second-order valence-corrected chi connectivity index (χ2v) is 2.66. The van der Waals surface area contributed by atoms with Crippen molar-refractivity contribution < 1.29 is 17.5 Å². The maximum Gasteiger partial charge on any atom is 0.331 e. The molecule has 5 nitrogen and oxygen atoms in total. The molecule has 1 N–H and O–H groups in total. The van der Waals surface area contributed by atoms with Crippen molar-refractivity contribution in [3.05, 3.63) is 12.3 Å². The van der Waals surface area contributed by atoms with Crippen molar-refractivity contribution in [2.24, 2.45) is 0 Å². The molecule has 0 aromatic carbocycles. The first-order chi connectivity index (χ1) is 4.11. The summed E-state index contributed by atoms with van der Waals surface area (Å²) >= 11 is 0. The third-order valence-electron chi connectivity index (χ3n) is 0.668. The third kappa shape index (κ3) is 1.98. The molecule has 10 heavy (non-hydrogen) atoms. The molecule has 0 saturated carbocycles. The second kappa shape index (κ2) is 3.00. The molecule has 58 valence electrons. The molecule has 0 aliphatic carbocycles. The van der Waals surface area contributed by atoms with Gasteiger partial charge >= 0.3 is 10.1 Å². The molecule has 0 radical (unpaired) electrons. The van der Waals surface area contributed by atoms with Gasteiger partial charge in [0.25, 0.3) is 5.09 Å². The van der Waals surface area contributed by atoms with E-state index in [4.69, 9.17) is 4.55 Å². The molecular formula is C3H4ClNO4S. The van der Waals surface area contributed by atoms with E-state index >= 15 is 0 Å². The van der Waals surface area contributed by atoms with Gasteiger partial charge in [0.05, 0.1) is 6.20 Å². The van der Waals surface area contributed by atoms with E-state index in [-0.39, 0.29) is 12.4 Å². The molecule has 0 saturated heterocycles. The number of hydrogen-bond donors (Lipinski definition) is 1. The summed E-state index contributed by atoms with van der Waals surface area (Å²) in [5.74, 6) is 0. The SMILES string of the molecule is Cl.O=S(=O)(O)c1ccno1. The fraction of sp³-hybridized carbons (Fsp3) is 0. The van der Waals surface area contributed by atoms with E-state index in [0.717, 1.165) is 12.3 Å². The van der Waals surface area contributed by atoms with Crippen LogP contribution in [0.2, 0.25) is 0 Å². The van der Waals surface area contributed by atoms with Gasteiger partial charge in [0.2, 0.25) is 0 Å². The highest BCUT2D eigenvalue weighted by molar-refractivity contribution is 7.85. The zero-order chi connectivity index (χ0) is 6.91. The minimum atomic E-state index is -4.19.